The monoisotopic (exact) mass is 417 g/mol. The molecule has 1 aromatic rings. The van der Waals surface area contributed by atoms with Gasteiger partial charge in [0.05, 0.1) is 17.2 Å². The van der Waals surface area contributed by atoms with E-state index in [2.05, 4.69) is 5.32 Å². The lowest BCUT2D eigenvalue weighted by Gasteiger charge is -2.14. The molecule has 1 aromatic carbocycles. The summed E-state index contributed by atoms with van der Waals surface area (Å²) < 4.78 is 5.23. The highest BCUT2D eigenvalue weighted by Crippen LogP contribution is 2.26. The van der Waals surface area contributed by atoms with Gasteiger partial charge >= 0.3 is 5.97 Å². The second-order valence-electron chi connectivity index (χ2n) is 3.57. The van der Waals surface area contributed by atoms with Crippen LogP contribution in [0.1, 0.15) is 10.4 Å². The fourth-order valence-corrected chi connectivity index (χ4v) is 2.35. The van der Waals surface area contributed by atoms with Crippen molar-refractivity contribution in [1.82, 2.24) is 5.32 Å². The summed E-state index contributed by atoms with van der Waals surface area (Å²) >= 11 is 13.6. The van der Waals surface area contributed by atoms with Crippen molar-refractivity contribution in [3.05, 3.63) is 31.3 Å². The summed E-state index contributed by atoms with van der Waals surface area (Å²) in [6, 6.07) is 1.80. The summed E-state index contributed by atoms with van der Waals surface area (Å²) in [5.74, 6) is -1.75. The van der Waals surface area contributed by atoms with Crippen LogP contribution in [0.3, 0.4) is 0 Å². The molecular formula is C11H10Cl2INO4. The van der Waals surface area contributed by atoms with Gasteiger partial charge < -0.3 is 15.2 Å². The fraction of sp³-hybridized carbons (Fsp3) is 0.273. The molecule has 0 fully saturated rings. The zero-order valence-electron chi connectivity index (χ0n) is 9.75. The van der Waals surface area contributed by atoms with Crippen molar-refractivity contribution in [1.29, 1.82) is 0 Å². The molecule has 0 aromatic heterocycles. The van der Waals surface area contributed by atoms with Crippen molar-refractivity contribution in [3.8, 4) is 0 Å². The van der Waals surface area contributed by atoms with E-state index in [4.69, 9.17) is 33.0 Å². The van der Waals surface area contributed by atoms with E-state index in [-0.39, 0.29) is 12.2 Å². The number of carboxylic acids is 1. The number of rotatable bonds is 5. The molecule has 0 saturated carbocycles. The Morgan fingerprint density at radius 1 is 1.47 bits per heavy atom. The minimum absolute atomic E-state index is 0.133. The molecule has 0 aliphatic heterocycles. The quantitative estimate of drug-likeness (QED) is 0.569. The van der Waals surface area contributed by atoms with E-state index in [0.717, 1.165) is 0 Å². The number of carbonyl (C=O) groups is 2. The number of carboxylic acid groups (broad SMARTS) is 1. The van der Waals surface area contributed by atoms with Crippen LogP contribution in [0.5, 0.6) is 0 Å². The normalized spacial score (nSPS) is 12.0. The Balaban J connectivity index is 2.97. The van der Waals surface area contributed by atoms with Gasteiger partial charge in [0.2, 0.25) is 0 Å². The lowest BCUT2D eigenvalue weighted by atomic mass is 10.2. The first-order chi connectivity index (χ1) is 8.86. The van der Waals surface area contributed by atoms with Crippen molar-refractivity contribution in [2.45, 2.75) is 6.04 Å². The van der Waals surface area contributed by atoms with Crippen molar-refractivity contribution < 1.29 is 19.4 Å². The largest absolute Gasteiger partial charge is 0.480 e. The van der Waals surface area contributed by atoms with Crippen LogP contribution in [0.25, 0.3) is 0 Å². The molecule has 1 amide bonds. The summed E-state index contributed by atoms with van der Waals surface area (Å²) in [4.78, 5) is 22.9. The highest BCUT2D eigenvalue weighted by atomic mass is 127. The number of halogens is 3. The average Bonchev–Trinajstić information content (AvgIpc) is 2.32. The fourth-order valence-electron chi connectivity index (χ4n) is 1.30. The van der Waals surface area contributed by atoms with Crippen molar-refractivity contribution in [2.24, 2.45) is 0 Å². The van der Waals surface area contributed by atoms with E-state index in [9.17, 15) is 9.59 Å². The van der Waals surface area contributed by atoms with Gasteiger partial charge in [0.1, 0.15) is 0 Å². The van der Waals surface area contributed by atoms with E-state index < -0.39 is 17.9 Å². The number of amides is 1. The second-order valence-corrected chi connectivity index (χ2v) is 5.49. The molecule has 0 spiro atoms. The molecule has 0 radical (unpaired) electrons. The predicted octanol–water partition coefficient (Wildman–Crippen LogP) is 2.43. The van der Waals surface area contributed by atoms with E-state index in [0.29, 0.717) is 13.6 Å². The Morgan fingerprint density at radius 2 is 2.11 bits per heavy atom. The van der Waals surface area contributed by atoms with Gasteiger partial charge in [0.15, 0.2) is 6.04 Å². The molecule has 0 saturated heterocycles. The molecule has 0 aliphatic rings. The SMILES string of the molecule is COCC(NC(=O)c1cc(Cl)cc(Cl)c1I)C(=O)O. The van der Waals surface area contributed by atoms with Crippen molar-refractivity contribution in [3.63, 3.8) is 0 Å². The number of hydrogen-bond acceptors (Lipinski definition) is 3. The van der Waals surface area contributed by atoms with Crippen molar-refractivity contribution in [2.75, 3.05) is 13.7 Å². The maximum atomic E-state index is 12.0. The molecule has 1 unspecified atom stereocenters. The molecule has 1 rings (SSSR count). The van der Waals surface area contributed by atoms with E-state index >= 15 is 0 Å². The average molecular weight is 418 g/mol. The van der Waals surface area contributed by atoms with E-state index in [1.807, 2.05) is 22.6 Å². The summed E-state index contributed by atoms with van der Waals surface area (Å²) in [7, 11) is 1.35. The molecule has 104 valence electrons. The van der Waals surface area contributed by atoms with Crippen LogP contribution >= 0.6 is 45.8 Å². The van der Waals surface area contributed by atoms with Crippen LogP contribution in [-0.2, 0) is 9.53 Å². The Hall–Kier alpha value is -0.570. The van der Waals surface area contributed by atoms with Crippen LogP contribution in [0.2, 0.25) is 10.0 Å². The zero-order valence-corrected chi connectivity index (χ0v) is 13.4. The standard InChI is InChI=1S/C11H10Cl2INO4/c1-19-4-8(11(17)18)15-10(16)6-2-5(12)3-7(13)9(6)14/h2-3,8H,4H2,1H3,(H,15,16)(H,17,18). The minimum Gasteiger partial charge on any atom is -0.480 e. The molecule has 0 aliphatic carbocycles. The number of carbonyl (C=O) groups excluding carboxylic acids is 1. The first kappa shape index (κ1) is 16.5. The van der Waals surface area contributed by atoms with Gasteiger partial charge in [-0.25, -0.2) is 4.79 Å². The van der Waals surface area contributed by atoms with Gasteiger partial charge in [0, 0.05) is 15.7 Å². The summed E-state index contributed by atoms with van der Waals surface area (Å²) in [6.45, 7) is -0.133. The third-order valence-electron chi connectivity index (χ3n) is 2.17. The first-order valence-corrected chi connectivity index (χ1v) is 6.87. The topological polar surface area (TPSA) is 75.6 Å². The maximum Gasteiger partial charge on any atom is 0.328 e. The molecule has 8 heteroatoms. The van der Waals surface area contributed by atoms with Crippen LogP contribution in [0, 0.1) is 3.57 Å². The Kier molecular flexibility index (Phi) is 6.31. The predicted molar refractivity (Wildman–Crippen MR) is 79.9 cm³/mol. The van der Waals surface area contributed by atoms with Gasteiger partial charge in [-0.05, 0) is 34.7 Å². The number of aliphatic carboxylic acids is 1. The van der Waals surface area contributed by atoms with Crippen LogP contribution < -0.4 is 5.32 Å². The molecule has 5 nitrogen and oxygen atoms in total. The van der Waals surface area contributed by atoms with Gasteiger partial charge in [-0.3, -0.25) is 4.79 Å². The Morgan fingerprint density at radius 3 is 2.63 bits per heavy atom. The Bertz CT molecular complexity index is 510. The molecule has 1 atom stereocenters. The van der Waals surface area contributed by atoms with Crippen LogP contribution in [-0.4, -0.2) is 36.7 Å². The van der Waals surface area contributed by atoms with Gasteiger partial charge in [0.25, 0.3) is 5.91 Å². The lowest BCUT2D eigenvalue weighted by Crippen LogP contribution is -2.44. The summed E-state index contributed by atoms with van der Waals surface area (Å²) in [5, 5.41) is 11.9. The first-order valence-electron chi connectivity index (χ1n) is 5.04. The molecule has 2 N–H and O–H groups in total. The molecular weight excluding hydrogens is 408 g/mol. The van der Waals surface area contributed by atoms with Crippen LogP contribution in [0.4, 0.5) is 0 Å². The highest BCUT2D eigenvalue weighted by Gasteiger charge is 2.22. The summed E-state index contributed by atoms with van der Waals surface area (Å²) in [5.41, 5.74) is 0.223. The number of benzene rings is 1. The molecule has 19 heavy (non-hydrogen) atoms. The van der Waals surface area contributed by atoms with E-state index in [1.165, 1.54) is 19.2 Å². The Labute approximate surface area is 133 Å². The van der Waals surface area contributed by atoms with Crippen LogP contribution in [0.15, 0.2) is 12.1 Å². The highest BCUT2D eigenvalue weighted by molar-refractivity contribution is 14.1. The van der Waals surface area contributed by atoms with Gasteiger partial charge in [-0.15, -0.1) is 0 Å². The van der Waals surface area contributed by atoms with E-state index in [1.54, 1.807) is 0 Å². The minimum atomic E-state index is -1.18. The number of ether oxygens (including phenoxy) is 1. The third-order valence-corrected chi connectivity index (χ3v) is 4.17. The summed E-state index contributed by atoms with van der Waals surface area (Å²) in [6.07, 6.45) is 0. The molecule has 0 heterocycles. The second kappa shape index (κ2) is 7.28. The van der Waals surface area contributed by atoms with Gasteiger partial charge in [-0.1, -0.05) is 23.2 Å². The molecule has 0 bridgehead atoms. The lowest BCUT2D eigenvalue weighted by molar-refractivity contribution is -0.140. The number of hydrogen-bond donors (Lipinski definition) is 2. The smallest absolute Gasteiger partial charge is 0.328 e. The number of methoxy groups -OCH3 is 1. The number of nitrogens with one attached hydrogen (secondary N) is 1. The zero-order chi connectivity index (χ0) is 14.6. The maximum absolute atomic E-state index is 12.0. The van der Waals surface area contributed by atoms with Gasteiger partial charge in [-0.2, -0.15) is 0 Å². The third kappa shape index (κ3) is 4.48. The van der Waals surface area contributed by atoms with Crippen molar-refractivity contribution >= 4 is 57.7 Å².